The van der Waals surface area contributed by atoms with Gasteiger partial charge in [-0.3, -0.25) is 4.90 Å². The molecule has 1 aliphatic rings. The van der Waals surface area contributed by atoms with Crippen LogP contribution in [0.25, 0.3) is 0 Å². The van der Waals surface area contributed by atoms with Gasteiger partial charge in [0, 0.05) is 25.2 Å². The number of aromatic nitrogens is 2. The van der Waals surface area contributed by atoms with E-state index in [1.165, 1.54) is 12.8 Å². The molecular weight excluding hydrogens is 306 g/mol. The van der Waals surface area contributed by atoms with Gasteiger partial charge in [-0.25, -0.2) is 9.97 Å². The molecule has 1 atom stereocenters. The Balaban J connectivity index is 1.93. The van der Waals surface area contributed by atoms with Gasteiger partial charge in [-0.1, -0.05) is 0 Å². The first-order valence-electron chi connectivity index (χ1n) is 6.83. The minimum absolute atomic E-state index is 0.497. The largest absolute Gasteiger partial charge is 0.369 e. The van der Waals surface area contributed by atoms with Crippen LogP contribution in [-0.2, 0) is 0 Å². The smallest absolute Gasteiger partial charge is 0.146 e. The van der Waals surface area contributed by atoms with E-state index < -0.39 is 0 Å². The van der Waals surface area contributed by atoms with E-state index in [-0.39, 0.29) is 0 Å². The van der Waals surface area contributed by atoms with Gasteiger partial charge in [0.1, 0.15) is 22.4 Å². The second-order valence-corrected chi connectivity index (χ2v) is 5.83. The molecule has 0 spiro atoms. The molecule has 19 heavy (non-hydrogen) atoms. The number of nitrogens with zero attached hydrogens (tertiary/aromatic N) is 3. The summed E-state index contributed by atoms with van der Waals surface area (Å²) >= 11 is 3.55. The molecule has 1 aromatic heterocycles. The predicted octanol–water partition coefficient (Wildman–Crippen LogP) is 2.57. The minimum Gasteiger partial charge on any atom is -0.369 e. The molecule has 0 amide bonds. The first-order valence-corrected chi connectivity index (χ1v) is 7.63. The quantitative estimate of drug-likeness (QED) is 0.806. The maximum atomic E-state index is 4.29. The summed E-state index contributed by atoms with van der Waals surface area (Å²) < 4.78 is 0.901. The Kier molecular flexibility index (Phi) is 4.99. The van der Waals surface area contributed by atoms with Crippen molar-refractivity contribution in [3.63, 3.8) is 0 Å². The summed E-state index contributed by atoms with van der Waals surface area (Å²) in [6.45, 7) is 6.02. The molecule has 1 aromatic rings. The highest BCUT2D eigenvalue weighted by atomic mass is 79.9. The van der Waals surface area contributed by atoms with E-state index in [0.717, 1.165) is 35.2 Å². The van der Waals surface area contributed by atoms with Gasteiger partial charge >= 0.3 is 0 Å². The van der Waals surface area contributed by atoms with Crippen molar-refractivity contribution in [3.8, 4) is 0 Å². The van der Waals surface area contributed by atoms with Gasteiger partial charge in [-0.2, -0.15) is 0 Å². The molecule has 0 aromatic carbocycles. The second kappa shape index (κ2) is 6.52. The van der Waals surface area contributed by atoms with Crippen LogP contribution in [0.15, 0.2) is 10.8 Å². The maximum Gasteiger partial charge on any atom is 0.146 e. The SMILES string of the molecule is CCNc1ncnc(NCC(C)N(C)C2CC2)c1Br. The van der Waals surface area contributed by atoms with Gasteiger partial charge < -0.3 is 10.6 Å². The Morgan fingerprint density at radius 3 is 2.58 bits per heavy atom. The lowest BCUT2D eigenvalue weighted by Gasteiger charge is -2.25. The van der Waals surface area contributed by atoms with Crippen molar-refractivity contribution in [1.82, 2.24) is 14.9 Å². The second-order valence-electron chi connectivity index (χ2n) is 5.04. The zero-order chi connectivity index (χ0) is 13.8. The third kappa shape index (κ3) is 3.79. The zero-order valence-electron chi connectivity index (χ0n) is 11.8. The molecule has 106 valence electrons. The lowest BCUT2D eigenvalue weighted by Crippen LogP contribution is -2.36. The van der Waals surface area contributed by atoms with Gasteiger partial charge in [0.05, 0.1) is 0 Å². The van der Waals surface area contributed by atoms with E-state index >= 15 is 0 Å². The number of nitrogens with one attached hydrogen (secondary N) is 2. The van der Waals surface area contributed by atoms with Crippen molar-refractivity contribution in [1.29, 1.82) is 0 Å². The van der Waals surface area contributed by atoms with Crippen molar-refractivity contribution in [3.05, 3.63) is 10.8 Å². The van der Waals surface area contributed by atoms with Crippen molar-refractivity contribution < 1.29 is 0 Å². The maximum absolute atomic E-state index is 4.29. The lowest BCUT2D eigenvalue weighted by atomic mass is 10.3. The summed E-state index contributed by atoms with van der Waals surface area (Å²) in [7, 11) is 2.20. The average Bonchev–Trinajstić information content (AvgIpc) is 3.23. The Labute approximate surface area is 123 Å². The molecule has 1 aliphatic carbocycles. The molecule has 6 heteroatoms. The third-order valence-electron chi connectivity index (χ3n) is 3.52. The van der Waals surface area contributed by atoms with Gasteiger partial charge in [-0.05, 0) is 49.7 Å². The Hall–Kier alpha value is -0.880. The predicted molar refractivity (Wildman–Crippen MR) is 82.6 cm³/mol. The standard InChI is InChI=1S/C13H22BrN5/c1-4-15-12-11(14)13(18-8-17-12)16-7-9(2)19(3)10-5-6-10/h8-10H,4-7H2,1-3H3,(H2,15,16,17,18). The number of hydrogen-bond donors (Lipinski definition) is 2. The van der Waals surface area contributed by atoms with Crippen LogP contribution in [0.1, 0.15) is 26.7 Å². The number of likely N-dealkylation sites (N-methyl/N-ethyl adjacent to an activating group) is 1. The molecule has 1 unspecified atom stereocenters. The first-order chi connectivity index (χ1) is 9.13. The van der Waals surface area contributed by atoms with E-state index in [1.54, 1.807) is 6.33 Å². The van der Waals surface area contributed by atoms with E-state index in [1.807, 2.05) is 6.92 Å². The summed E-state index contributed by atoms with van der Waals surface area (Å²) in [6.07, 6.45) is 4.26. The molecule has 0 radical (unpaired) electrons. The highest BCUT2D eigenvalue weighted by molar-refractivity contribution is 9.10. The van der Waals surface area contributed by atoms with Gasteiger partial charge in [-0.15, -0.1) is 0 Å². The van der Waals surface area contributed by atoms with Gasteiger partial charge in [0.15, 0.2) is 0 Å². The van der Waals surface area contributed by atoms with Crippen molar-refractivity contribution in [2.24, 2.45) is 0 Å². The molecule has 1 fully saturated rings. The zero-order valence-corrected chi connectivity index (χ0v) is 13.4. The van der Waals surface area contributed by atoms with Crippen molar-refractivity contribution >= 4 is 27.6 Å². The normalized spacial score (nSPS) is 16.5. The van der Waals surface area contributed by atoms with E-state index in [2.05, 4.69) is 55.4 Å². The van der Waals surface area contributed by atoms with Crippen LogP contribution in [0.4, 0.5) is 11.6 Å². The van der Waals surface area contributed by atoms with Crippen LogP contribution in [0.3, 0.4) is 0 Å². The van der Waals surface area contributed by atoms with E-state index in [4.69, 9.17) is 0 Å². The number of rotatable bonds is 7. The monoisotopic (exact) mass is 327 g/mol. The number of halogens is 1. The van der Waals surface area contributed by atoms with Crippen LogP contribution in [0, 0.1) is 0 Å². The third-order valence-corrected chi connectivity index (χ3v) is 4.27. The Morgan fingerprint density at radius 1 is 1.37 bits per heavy atom. The summed E-state index contributed by atoms with van der Waals surface area (Å²) in [5.41, 5.74) is 0. The number of hydrogen-bond acceptors (Lipinski definition) is 5. The van der Waals surface area contributed by atoms with Crippen LogP contribution in [-0.4, -0.2) is 47.1 Å². The van der Waals surface area contributed by atoms with Gasteiger partial charge in [0.2, 0.25) is 0 Å². The van der Waals surface area contributed by atoms with Gasteiger partial charge in [0.25, 0.3) is 0 Å². The topological polar surface area (TPSA) is 53.1 Å². The molecule has 2 N–H and O–H groups in total. The van der Waals surface area contributed by atoms with Crippen LogP contribution in [0.2, 0.25) is 0 Å². The minimum atomic E-state index is 0.497. The highest BCUT2D eigenvalue weighted by Gasteiger charge is 2.29. The fraction of sp³-hybridized carbons (Fsp3) is 0.692. The Morgan fingerprint density at radius 2 is 2.00 bits per heavy atom. The van der Waals surface area contributed by atoms with E-state index in [0.29, 0.717) is 6.04 Å². The average molecular weight is 328 g/mol. The van der Waals surface area contributed by atoms with Crippen LogP contribution in [0.5, 0.6) is 0 Å². The van der Waals surface area contributed by atoms with Crippen LogP contribution >= 0.6 is 15.9 Å². The first kappa shape index (κ1) is 14.5. The molecule has 0 aliphatic heterocycles. The van der Waals surface area contributed by atoms with Crippen molar-refractivity contribution in [2.45, 2.75) is 38.8 Å². The fourth-order valence-corrected chi connectivity index (χ4v) is 2.50. The summed E-state index contributed by atoms with van der Waals surface area (Å²) in [4.78, 5) is 10.9. The fourth-order valence-electron chi connectivity index (χ4n) is 2.01. The van der Waals surface area contributed by atoms with Crippen LogP contribution < -0.4 is 10.6 Å². The molecule has 0 bridgehead atoms. The highest BCUT2D eigenvalue weighted by Crippen LogP contribution is 2.28. The molecule has 0 saturated heterocycles. The Bertz CT molecular complexity index is 421. The molecule has 1 saturated carbocycles. The lowest BCUT2D eigenvalue weighted by molar-refractivity contribution is 0.257. The van der Waals surface area contributed by atoms with E-state index in [9.17, 15) is 0 Å². The summed E-state index contributed by atoms with van der Waals surface area (Å²) in [5.74, 6) is 1.69. The molecule has 1 heterocycles. The van der Waals surface area contributed by atoms with Crippen molar-refractivity contribution in [2.75, 3.05) is 30.8 Å². The molecule has 5 nitrogen and oxygen atoms in total. The molecular formula is C13H22BrN5. The summed E-state index contributed by atoms with van der Waals surface area (Å²) in [6, 6.07) is 1.28. The molecule has 2 rings (SSSR count). The summed E-state index contributed by atoms with van der Waals surface area (Å²) in [5, 5.41) is 6.60. The number of anilines is 2.